The molecule has 8 atom stereocenters. The fourth-order valence-electron chi connectivity index (χ4n) is 7.65. The average Bonchev–Trinajstić information content (AvgIpc) is 2.71. The van der Waals surface area contributed by atoms with Crippen molar-refractivity contribution in [2.24, 2.45) is 35.0 Å². The lowest BCUT2D eigenvalue weighted by atomic mass is 9.48. The molecule has 3 heteroatoms. The zero-order valence-electron chi connectivity index (χ0n) is 18.2. The van der Waals surface area contributed by atoms with Crippen molar-refractivity contribution in [1.29, 1.82) is 0 Å². The maximum Gasteiger partial charge on any atom is 0.0870 e. The number of aliphatic hydroxyl groups is 1. The summed E-state index contributed by atoms with van der Waals surface area (Å²) < 4.78 is 12.7. The maximum atomic E-state index is 10.6. The average molecular weight is 399 g/mol. The van der Waals surface area contributed by atoms with E-state index in [9.17, 15) is 5.11 Å². The van der Waals surface area contributed by atoms with E-state index in [0.29, 0.717) is 12.5 Å². The van der Waals surface area contributed by atoms with Gasteiger partial charge in [-0.1, -0.05) is 37.3 Å². The highest BCUT2D eigenvalue weighted by Gasteiger charge is 2.57. The van der Waals surface area contributed by atoms with Gasteiger partial charge in [0.2, 0.25) is 0 Å². The molecule has 3 aliphatic carbocycles. The smallest absolute Gasteiger partial charge is 0.0870 e. The molecular formula is C26H38O3. The van der Waals surface area contributed by atoms with Crippen molar-refractivity contribution in [2.45, 2.75) is 77.1 Å². The summed E-state index contributed by atoms with van der Waals surface area (Å²) in [5.74, 6) is 3.79. The summed E-state index contributed by atoms with van der Waals surface area (Å²) in [5, 5.41) is 10.6. The molecule has 1 aliphatic heterocycles. The van der Waals surface area contributed by atoms with Crippen molar-refractivity contribution in [3.8, 4) is 0 Å². The van der Waals surface area contributed by atoms with Crippen LogP contribution < -0.4 is 0 Å². The summed E-state index contributed by atoms with van der Waals surface area (Å²) >= 11 is 0. The van der Waals surface area contributed by atoms with Gasteiger partial charge in [0, 0.05) is 5.41 Å². The quantitative estimate of drug-likeness (QED) is 0.759. The molecule has 1 aromatic rings. The highest BCUT2D eigenvalue weighted by Crippen LogP contribution is 2.60. The van der Waals surface area contributed by atoms with Crippen LogP contribution in [0, 0.1) is 35.0 Å². The SMILES string of the molecule is C[C@@]1(O)CCC2C3CC[C@]4(C)[C@@H](OCc5ccccc5)COC[C@H]4C3CC[C@@H]2C1. The Morgan fingerprint density at radius 2 is 1.76 bits per heavy atom. The first kappa shape index (κ1) is 20.0. The van der Waals surface area contributed by atoms with E-state index in [-0.39, 0.29) is 11.5 Å². The van der Waals surface area contributed by atoms with Crippen molar-refractivity contribution in [1.82, 2.24) is 0 Å². The molecule has 29 heavy (non-hydrogen) atoms. The van der Waals surface area contributed by atoms with Crippen LogP contribution in [0.3, 0.4) is 0 Å². The first-order valence-corrected chi connectivity index (χ1v) is 11.9. The molecular weight excluding hydrogens is 360 g/mol. The Bertz CT molecular complexity index is 701. The third-order valence-electron chi connectivity index (χ3n) is 9.27. The van der Waals surface area contributed by atoms with E-state index in [1.54, 1.807) is 0 Å². The molecule has 1 N–H and O–H groups in total. The Kier molecular flexibility index (Phi) is 5.29. The molecule has 0 radical (unpaired) electrons. The number of rotatable bonds is 3. The van der Waals surface area contributed by atoms with Gasteiger partial charge < -0.3 is 14.6 Å². The molecule has 4 aliphatic rings. The van der Waals surface area contributed by atoms with E-state index >= 15 is 0 Å². The summed E-state index contributed by atoms with van der Waals surface area (Å²) in [6.07, 6.45) is 8.64. The van der Waals surface area contributed by atoms with E-state index in [2.05, 4.69) is 44.2 Å². The molecule has 0 bridgehead atoms. The first-order chi connectivity index (χ1) is 14.0. The topological polar surface area (TPSA) is 38.7 Å². The molecule has 3 saturated carbocycles. The lowest BCUT2D eigenvalue weighted by Crippen LogP contribution is -2.58. The predicted octanol–water partition coefficient (Wildman–Crippen LogP) is 5.21. The largest absolute Gasteiger partial charge is 0.390 e. The van der Waals surface area contributed by atoms with Gasteiger partial charge >= 0.3 is 0 Å². The number of ether oxygens (including phenoxy) is 2. The molecule has 1 aromatic carbocycles. The van der Waals surface area contributed by atoms with E-state index in [4.69, 9.17) is 9.47 Å². The highest BCUT2D eigenvalue weighted by molar-refractivity contribution is 5.14. The summed E-state index contributed by atoms with van der Waals surface area (Å²) in [4.78, 5) is 0. The van der Waals surface area contributed by atoms with E-state index in [1.165, 1.54) is 37.7 Å². The minimum Gasteiger partial charge on any atom is -0.390 e. The number of hydrogen-bond acceptors (Lipinski definition) is 3. The van der Waals surface area contributed by atoms with E-state index in [1.807, 2.05) is 0 Å². The first-order valence-electron chi connectivity index (χ1n) is 11.9. The van der Waals surface area contributed by atoms with Gasteiger partial charge in [0.25, 0.3) is 0 Å². The van der Waals surface area contributed by atoms with Gasteiger partial charge in [0.15, 0.2) is 0 Å². The molecule has 5 rings (SSSR count). The fraction of sp³-hybridized carbons (Fsp3) is 0.769. The van der Waals surface area contributed by atoms with Crippen LogP contribution in [0.25, 0.3) is 0 Å². The van der Waals surface area contributed by atoms with E-state index in [0.717, 1.165) is 49.7 Å². The zero-order valence-corrected chi connectivity index (χ0v) is 18.2. The van der Waals surface area contributed by atoms with Crippen LogP contribution in [-0.2, 0) is 16.1 Å². The van der Waals surface area contributed by atoms with Crippen LogP contribution in [0.15, 0.2) is 30.3 Å². The Morgan fingerprint density at radius 1 is 0.966 bits per heavy atom. The molecule has 3 nitrogen and oxygen atoms in total. The summed E-state index contributed by atoms with van der Waals surface area (Å²) in [7, 11) is 0. The third-order valence-corrected chi connectivity index (χ3v) is 9.27. The Balaban J connectivity index is 1.30. The maximum absolute atomic E-state index is 10.6. The monoisotopic (exact) mass is 398 g/mol. The van der Waals surface area contributed by atoms with Gasteiger partial charge in [0.1, 0.15) is 0 Å². The van der Waals surface area contributed by atoms with Crippen LogP contribution in [0.2, 0.25) is 0 Å². The van der Waals surface area contributed by atoms with Gasteiger partial charge in [-0.05, 0) is 87.0 Å². The van der Waals surface area contributed by atoms with Gasteiger partial charge in [0.05, 0.1) is 31.5 Å². The van der Waals surface area contributed by atoms with Gasteiger partial charge in [-0.15, -0.1) is 0 Å². The standard InChI is InChI=1S/C26H38O3/c1-25(27)12-10-20-19(14-25)8-9-22-21(20)11-13-26(2)23(22)16-28-17-24(26)29-15-18-6-4-3-5-7-18/h3-7,19-24,27H,8-17H2,1-2H3/t19-,20?,21?,22?,23+,24+,25-,26+/m1/s1. The van der Waals surface area contributed by atoms with Gasteiger partial charge in [-0.2, -0.15) is 0 Å². The van der Waals surface area contributed by atoms with Crippen molar-refractivity contribution >= 4 is 0 Å². The third kappa shape index (κ3) is 3.68. The second-order valence-corrected chi connectivity index (χ2v) is 11.0. The number of fused-ring (bicyclic) bond motifs is 5. The van der Waals surface area contributed by atoms with Crippen molar-refractivity contribution in [3.05, 3.63) is 35.9 Å². The summed E-state index contributed by atoms with van der Waals surface area (Å²) in [6.45, 7) is 6.88. The molecule has 4 fully saturated rings. The molecule has 160 valence electrons. The zero-order chi connectivity index (χ0) is 20.1. The van der Waals surface area contributed by atoms with Crippen LogP contribution in [-0.4, -0.2) is 30.0 Å². The van der Waals surface area contributed by atoms with Crippen molar-refractivity contribution in [3.63, 3.8) is 0 Å². The number of benzene rings is 1. The summed E-state index contributed by atoms with van der Waals surface area (Å²) in [5.41, 5.74) is 1.06. The molecule has 1 saturated heterocycles. The molecule has 0 spiro atoms. The van der Waals surface area contributed by atoms with E-state index < -0.39 is 5.60 Å². The minimum absolute atomic E-state index is 0.201. The molecule has 1 heterocycles. The van der Waals surface area contributed by atoms with Gasteiger partial charge in [-0.25, -0.2) is 0 Å². The van der Waals surface area contributed by atoms with Crippen LogP contribution in [0.5, 0.6) is 0 Å². The molecule has 0 aromatic heterocycles. The van der Waals surface area contributed by atoms with Gasteiger partial charge in [-0.3, -0.25) is 0 Å². The lowest BCUT2D eigenvalue weighted by Gasteiger charge is -2.60. The van der Waals surface area contributed by atoms with Crippen molar-refractivity contribution < 1.29 is 14.6 Å². The Hall–Kier alpha value is -0.900. The molecule has 0 amide bonds. The lowest BCUT2D eigenvalue weighted by molar-refractivity contribution is -0.210. The van der Waals surface area contributed by atoms with Crippen LogP contribution in [0.4, 0.5) is 0 Å². The second-order valence-electron chi connectivity index (χ2n) is 11.0. The minimum atomic E-state index is -0.429. The Labute approximate surface area is 176 Å². The van der Waals surface area contributed by atoms with Crippen LogP contribution in [0.1, 0.15) is 64.4 Å². The molecule has 3 unspecified atom stereocenters. The normalized spacial score (nSPS) is 47.0. The fourth-order valence-corrected chi connectivity index (χ4v) is 7.65. The predicted molar refractivity (Wildman–Crippen MR) is 114 cm³/mol. The Morgan fingerprint density at radius 3 is 2.59 bits per heavy atom. The van der Waals surface area contributed by atoms with Crippen molar-refractivity contribution in [2.75, 3.05) is 13.2 Å². The second kappa shape index (κ2) is 7.66. The van der Waals surface area contributed by atoms with Crippen LogP contribution >= 0.6 is 0 Å². The highest BCUT2D eigenvalue weighted by atomic mass is 16.5. The number of hydrogen-bond donors (Lipinski definition) is 1. The summed E-state index contributed by atoms with van der Waals surface area (Å²) in [6, 6.07) is 10.5.